The Morgan fingerprint density at radius 3 is 2.40 bits per heavy atom. The number of hydrogen-bond acceptors (Lipinski definition) is 2. The van der Waals surface area contributed by atoms with Crippen molar-refractivity contribution >= 4 is 18.3 Å². The number of carbonyl (C=O) groups excluding carboxylic acids is 1. The van der Waals surface area contributed by atoms with E-state index in [0.29, 0.717) is 6.04 Å². The van der Waals surface area contributed by atoms with E-state index in [4.69, 9.17) is 0 Å². The maximum atomic E-state index is 12.7. The number of aryl methyl sites for hydroxylation is 1. The molecular weight excluding hydrogens is 272 g/mol. The molecule has 1 aliphatic rings. The lowest BCUT2D eigenvalue weighted by Crippen LogP contribution is -2.47. The average molecular weight is 297 g/mol. The highest BCUT2D eigenvalue weighted by Crippen LogP contribution is 2.27. The fraction of sp³-hybridized carbons (Fsp3) is 0.562. The molecule has 0 spiro atoms. The average Bonchev–Trinajstić information content (AvgIpc) is 2.91. The van der Waals surface area contributed by atoms with Gasteiger partial charge in [0.05, 0.1) is 5.41 Å². The van der Waals surface area contributed by atoms with Crippen molar-refractivity contribution in [2.45, 2.75) is 38.6 Å². The maximum Gasteiger partial charge on any atom is 0.232 e. The molecule has 1 atom stereocenters. The lowest BCUT2D eigenvalue weighted by Gasteiger charge is -2.33. The first kappa shape index (κ1) is 17.0. The van der Waals surface area contributed by atoms with Crippen LogP contribution in [0.5, 0.6) is 0 Å². The number of hydrogen-bond donors (Lipinski definition) is 1. The molecule has 1 fully saturated rings. The largest absolute Gasteiger partial charge is 0.341 e. The van der Waals surface area contributed by atoms with Crippen LogP contribution in [-0.4, -0.2) is 37.0 Å². The molecule has 1 aliphatic heterocycles. The van der Waals surface area contributed by atoms with Gasteiger partial charge in [-0.2, -0.15) is 0 Å². The Hall–Kier alpha value is -1.06. The van der Waals surface area contributed by atoms with Crippen LogP contribution in [0.1, 0.15) is 31.4 Å². The minimum absolute atomic E-state index is 0. The molecule has 0 aliphatic carbocycles. The molecular formula is C16H25ClN2O. The van der Waals surface area contributed by atoms with E-state index < -0.39 is 5.41 Å². The van der Waals surface area contributed by atoms with E-state index in [-0.39, 0.29) is 18.3 Å². The highest BCUT2D eigenvalue weighted by Gasteiger charge is 2.35. The second-order valence-electron chi connectivity index (χ2n) is 6.05. The molecule has 1 aromatic rings. The van der Waals surface area contributed by atoms with Gasteiger partial charge in [-0.15, -0.1) is 12.4 Å². The summed E-state index contributed by atoms with van der Waals surface area (Å²) in [4.78, 5) is 14.7. The van der Waals surface area contributed by atoms with Crippen molar-refractivity contribution in [1.82, 2.24) is 10.2 Å². The quantitative estimate of drug-likeness (QED) is 0.929. The fourth-order valence-electron chi connectivity index (χ4n) is 2.67. The van der Waals surface area contributed by atoms with E-state index in [1.54, 1.807) is 0 Å². The Bertz CT molecular complexity index is 450. The first-order valence-corrected chi connectivity index (χ1v) is 6.98. The van der Waals surface area contributed by atoms with Crippen LogP contribution in [0.4, 0.5) is 0 Å². The van der Waals surface area contributed by atoms with Gasteiger partial charge in [-0.3, -0.25) is 4.79 Å². The van der Waals surface area contributed by atoms with Crippen LogP contribution in [0, 0.1) is 6.92 Å². The van der Waals surface area contributed by atoms with E-state index in [0.717, 1.165) is 25.1 Å². The van der Waals surface area contributed by atoms with Crippen LogP contribution in [0.25, 0.3) is 0 Å². The van der Waals surface area contributed by atoms with Crippen LogP contribution < -0.4 is 5.32 Å². The Morgan fingerprint density at radius 2 is 1.90 bits per heavy atom. The lowest BCUT2D eigenvalue weighted by atomic mass is 9.82. The molecule has 0 saturated carbocycles. The molecule has 0 radical (unpaired) electrons. The summed E-state index contributed by atoms with van der Waals surface area (Å²) in [5.74, 6) is 0.199. The van der Waals surface area contributed by atoms with Crippen LogP contribution >= 0.6 is 12.4 Å². The normalized spacial score (nSPS) is 18.5. The summed E-state index contributed by atoms with van der Waals surface area (Å²) in [5, 5.41) is 3.31. The molecule has 0 bridgehead atoms. The second kappa shape index (κ2) is 6.59. The molecule has 4 heteroatoms. The van der Waals surface area contributed by atoms with Crippen molar-refractivity contribution in [3.05, 3.63) is 35.4 Å². The van der Waals surface area contributed by atoms with Gasteiger partial charge in [0.15, 0.2) is 0 Å². The number of rotatable bonds is 3. The number of nitrogens with one attached hydrogen (secondary N) is 1. The smallest absolute Gasteiger partial charge is 0.232 e. The number of carbonyl (C=O) groups is 1. The van der Waals surface area contributed by atoms with Crippen molar-refractivity contribution in [2.75, 3.05) is 20.1 Å². The predicted octanol–water partition coefficient (Wildman–Crippen LogP) is 2.51. The maximum absolute atomic E-state index is 12.7. The summed E-state index contributed by atoms with van der Waals surface area (Å²) in [5.41, 5.74) is 1.84. The molecule has 1 amide bonds. The topological polar surface area (TPSA) is 32.3 Å². The number of nitrogens with zero attached hydrogens (tertiary/aromatic N) is 1. The Balaban J connectivity index is 0.00000200. The minimum Gasteiger partial charge on any atom is -0.341 e. The summed E-state index contributed by atoms with van der Waals surface area (Å²) in [7, 11) is 1.93. The fourth-order valence-corrected chi connectivity index (χ4v) is 2.67. The number of likely N-dealkylation sites (N-methyl/N-ethyl adjacent to an activating group) is 1. The third-order valence-electron chi connectivity index (χ3n) is 4.21. The van der Waals surface area contributed by atoms with E-state index in [2.05, 4.69) is 36.5 Å². The van der Waals surface area contributed by atoms with Gasteiger partial charge in [-0.05, 0) is 39.3 Å². The molecule has 3 nitrogen and oxygen atoms in total. The SMILES string of the molecule is Cc1ccc(C(C)(C)C(=O)N(C)C2CCNC2)cc1.Cl. The van der Waals surface area contributed by atoms with Crippen LogP contribution in [0.3, 0.4) is 0 Å². The molecule has 1 unspecified atom stereocenters. The van der Waals surface area contributed by atoms with Gasteiger partial charge in [0.25, 0.3) is 0 Å². The molecule has 112 valence electrons. The van der Waals surface area contributed by atoms with E-state index >= 15 is 0 Å². The molecule has 1 saturated heterocycles. The zero-order valence-corrected chi connectivity index (χ0v) is 13.6. The lowest BCUT2D eigenvalue weighted by molar-refractivity contribution is -0.136. The summed E-state index contributed by atoms with van der Waals surface area (Å²) >= 11 is 0. The van der Waals surface area contributed by atoms with Crippen molar-refractivity contribution < 1.29 is 4.79 Å². The number of amides is 1. The van der Waals surface area contributed by atoms with Gasteiger partial charge in [0, 0.05) is 19.6 Å². The zero-order chi connectivity index (χ0) is 14.0. The van der Waals surface area contributed by atoms with Gasteiger partial charge < -0.3 is 10.2 Å². The first-order chi connectivity index (χ1) is 8.93. The molecule has 0 aromatic heterocycles. The Kier molecular flexibility index (Phi) is 5.60. The zero-order valence-electron chi connectivity index (χ0n) is 12.8. The second-order valence-corrected chi connectivity index (χ2v) is 6.05. The van der Waals surface area contributed by atoms with E-state index in [1.807, 2.05) is 25.8 Å². The standard InChI is InChI=1S/C16H24N2O.ClH/c1-12-5-7-13(8-6-12)16(2,3)15(19)18(4)14-9-10-17-11-14;/h5-8,14,17H,9-11H2,1-4H3;1H. The highest BCUT2D eigenvalue weighted by atomic mass is 35.5. The molecule has 1 N–H and O–H groups in total. The van der Waals surface area contributed by atoms with Crippen LogP contribution in [0.15, 0.2) is 24.3 Å². The van der Waals surface area contributed by atoms with Crippen molar-refractivity contribution in [2.24, 2.45) is 0 Å². The highest BCUT2D eigenvalue weighted by molar-refractivity contribution is 5.87. The van der Waals surface area contributed by atoms with Gasteiger partial charge >= 0.3 is 0 Å². The van der Waals surface area contributed by atoms with Gasteiger partial charge in [0.1, 0.15) is 0 Å². The Labute approximate surface area is 128 Å². The molecule has 2 rings (SSSR count). The summed E-state index contributed by atoms with van der Waals surface area (Å²) in [6, 6.07) is 8.60. The third kappa shape index (κ3) is 3.33. The van der Waals surface area contributed by atoms with Crippen molar-refractivity contribution in [3.63, 3.8) is 0 Å². The van der Waals surface area contributed by atoms with Gasteiger partial charge in [-0.1, -0.05) is 29.8 Å². The number of benzene rings is 1. The van der Waals surface area contributed by atoms with E-state index in [1.165, 1.54) is 5.56 Å². The van der Waals surface area contributed by atoms with Crippen molar-refractivity contribution in [3.8, 4) is 0 Å². The van der Waals surface area contributed by atoms with Gasteiger partial charge in [-0.25, -0.2) is 0 Å². The van der Waals surface area contributed by atoms with Crippen LogP contribution in [-0.2, 0) is 10.2 Å². The number of halogens is 1. The van der Waals surface area contributed by atoms with Crippen LogP contribution in [0.2, 0.25) is 0 Å². The first-order valence-electron chi connectivity index (χ1n) is 6.98. The minimum atomic E-state index is -0.467. The predicted molar refractivity (Wildman–Crippen MR) is 85.5 cm³/mol. The molecule has 1 aromatic carbocycles. The van der Waals surface area contributed by atoms with Crippen molar-refractivity contribution in [1.29, 1.82) is 0 Å². The molecule has 20 heavy (non-hydrogen) atoms. The van der Waals surface area contributed by atoms with E-state index in [9.17, 15) is 4.79 Å². The third-order valence-corrected chi connectivity index (χ3v) is 4.21. The van der Waals surface area contributed by atoms with Gasteiger partial charge in [0.2, 0.25) is 5.91 Å². The summed E-state index contributed by atoms with van der Waals surface area (Å²) < 4.78 is 0. The Morgan fingerprint density at radius 1 is 1.30 bits per heavy atom. The summed E-state index contributed by atoms with van der Waals surface area (Å²) in [6.45, 7) is 8.01. The monoisotopic (exact) mass is 296 g/mol. The molecule has 1 heterocycles. The summed E-state index contributed by atoms with van der Waals surface area (Å²) in [6.07, 6.45) is 1.05.